The van der Waals surface area contributed by atoms with Crippen molar-refractivity contribution in [2.75, 3.05) is 5.32 Å². The molecular weight excluding hydrogens is 393 g/mol. The predicted molar refractivity (Wildman–Crippen MR) is 89.8 cm³/mol. The van der Waals surface area contributed by atoms with E-state index in [4.69, 9.17) is 11.6 Å². The summed E-state index contributed by atoms with van der Waals surface area (Å²) >= 11 is 10.6. The van der Waals surface area contributed by atoms with Crippen molar-refractivity contribution in [3.8, 4) is 0 Å². The molecule has 1 aromatic carbocycles. The molecule has 0 bridgehead atoms. The molecule has 0 aliphatic carbocycles. The fourth-order valence-corrected chi connectivity index (χ4v) is 3.18. The molecule has 112 valence electrons. The average Bonchev–Trinajstić information content (AvgIpc) is 3.00. The minimum Gasteiger partial charge on any atom is -0.320 e. The molecule has 3 aromatic rings. The molecule has 2 heterocycles. The smallest absolute Gasteiger partial charge is 0.248 e. The van der Waals surface area contributed by atoms with Crippen LogP contribution in [0.5, 0.6) is 0 Å². The van der Waals surface area contributed by atoms with Crippen molar-refractivity contribution >= 4 is 61.5 Å². The van der Waals surface area contributed by atoms with Crippen LogP contribution >= 0.6 is 38.9 Å². The Bertz CT molecular complexity index is 889. The lowest BCUT2D eigenvalue weighted by Gasteiger charge is -2.03. The van der Waals surface area contributed by atoms with Crippen LogP contribution in [-0.2, 0) is 4.79 Å². The molecule has 8 heteroatoms. The second-order valence-corrected chi connectivity index (χ2v) is 6.44. The largest absolute Gasteiger partial charge is 0.320 e. The molecule has 0 saturated carbocycles. The molecular formula is C14H8BrClFN3OS. The van der Waals surface area contributed by atoms with Crippen LogP contribution in [0.3, 0.4) is 0 Å². The van der Waals surface area contributed by atoms with Gasteiger partial charge in [-0.1, -0.05) is 27.5 Å². The Hall–Kier alpha value is -1.70. The van der Waals surface area contributed by atoms with Gasteiger partial charge in [-0.2, -0.15) is 0 Å². The maximum absolute atomic E-state index is 13.7. The monoisotopic (exact) mass is 399 g/mol. The number of amides is 1. The summed E-state index contributed by atoms with van der Waals surface area (Å²) in [6, 6.07) is 4.40. The molecule has 0 unspecified atom stereocenters. The maximum atomic E-state index is 13.7. The second-order valence-electron chi connectivity index (χ2n) is 4.29. The van der Waals surface area contributed by atoms with E-state index in [2.05, 4.69) is 26.2 Å². The Labute approximate surface area is 142 Å². The van der Waals surface area contributed by atoms with Crippen LogP contribution < -0.4 is 5.32 Å². The summed E-state index contributed by atoms with van der Waals surface area (Å²) in [5.41, 5.74) is 0.710. The molecule has 0 saturated heterocycles. The number of rotatable bonds is 3. The highest BCUT2D eigenvalue weighted by Gasteiger charge is 2.09. The van der Waals surface area contributed by atoms with Crippen LogP contribution in [-0.4, -0.2) is 15.3 Å². The van der Waals surface area contributed by atoms with E-state index in [9.17, 15) is 9.18 Å². The van der Waals surface area contributed by atoms with Gasteiger partial charge in [-0.05, 0) is 24.3 Å². The minimum atomic E-state index is -0.515. The first-order chi connectivity index (χ1) is 10.5. The zero-order chi connectivity index (χ0) is 15.7. The van der Waals surface area contributed by atoms with E-state index in [1.807, 2.05) is 11.6 Å². The number of carbonyl (C=O) groups excluding carboxylic acids is 1. The zero-order valence-corrected chi connectivity index (χ0v) is 14.0. The van der Waals surface area contributed by atoms with Crippen molar-refractivity contribution < 1.29 is 9.18 Å². The SMILES string of the molecule is O=C(/C=C/c1c(Cl)nc2sccn12)Nc1ccc(Br)cc1F. The van der Waals surface area contributed by atoms with Crippen molar-refractivity contribution in [2.24, 2.45) is 0 Å². The normalized spacial score (nSPS) is 11.4. The summed E-state index contributed by atoms with van der Waals surface area (Å²) < 4.78 is 16.0. The van der Waals surface area contributed by atoms with E-state index in [-0.39, 0.29) is 5.69 Å². The Morgan fingerprint density at radius 1 is 1.50 bits per heavy atom. The van der Waals surface area contributed by atoms with Gasteiger partial charge in [-0.25, -0.2) is 9.37 Å². The van der Waals surface area contributed by atoms with E-state index in [1.54, 1.807) is 16.5 Å². The van der Waals surface area contributed by atoms with Crippen LogP contribution in [0.15, 0.2) is 40.3 Å². The number of aromatic nitrogens is 2. The summed E-state index contributed by atoms with van der Waals surface area (Å²) in [5, 5.41) is 4.65. The topological polar surface area (TPSA) is 46.4 Å². The van der Waals surface area contributed by atoms with Crippen LogP contribution in [0, 0.1) is 5.82 Å². The van der Waals surface area contributed by atoms with Crippen LogP contribution in [0.4, 0.5) is 10.1 Å². The third kappa shape index (κ3) is 3.06. The van der Waals surface area contributed by atoms with E-state index in [1.165, 1.54) is 29.5 Å². The first kappa shape index (κ1) is 15.2. The fourth-order valence-electron chi connectivity index (χ4n) is 1.85. The first-order valence-electron chi connectivity index (χ1n) is 6.10. The van der Waals surface area contributed by atoms with Gasteiger partial charge in [-0.3, -0.25) is 9.20 Å². The molecule has 0 atom stereocenters. The maximum Gasteiger partial charge on any atom is 0.248 e. The number of anilines is 1. The number of halogens is 3. The van der Waals surface area contributed by atoms with E-state index < -0.39 is 11.7 Å². The molecule has 0 aliphatic heterocycles. The molecule has 0 aliphatic rings. The lowest BCUT2D eigenvalue weighted by atomic mass is 10.3. The van der Waals surface area contributed by atoms with Gasteiger partial charge in [0.25, 0.3) is 0 Å². The van der Waals surface area contributed by atoms with E-state index in [0.717, 1.165) is 4.96 Å². The summed E-state index contributed by atoms with van der Waals surface area (Å²) in [7, 11) is 0. The summed E-state index contributed by atoms with van der Waals surface area (Å²) in [4.78, 5) is 16.8. The Morgan fingerprint density at radius 2 is 2.32 bits per heavy atom. The van der Waals surface area contributed by atoms with Crippen molar-refractivity contribution in [1.82, 2.24) is 9.38 Å². The Morgan fingerprint density at radius 3 is 3.09 bits per heavy atom. The Balaban J connectivity index is 1.79. The average molecular weight is 401 g/mol. The first-order valence-corrected chi connectivity index (χ1v) is 8.15. The van der Waals surface area contributed by atoms with E-state index in [0.29, 0.717) is 15.3 Å². The van der Waals surface area contributed by atoms with Gasteiger partial charge in [-0.15, -0.1) is 11.3 Å². The molecule has 3 rings (SSSR count). The van der Waals surface area contributed by atoms with Gasteiger partial charge in [0.05, 0.1) is 11.4 Å². The summed E-state index contributed by atoms with van der Waals surface area (Å²) in [5.74, 6) is -0.971. The van der Waals surface area contributed by atoms with E-state index >= 15 is 0 Å². The van der Waals surface area contributed by atoms with Crippen molar-refractivity contribution in [3.05, 3.63) is 57.0 Å². The minimum absolute atomic E-state index is 0.109. The molecule has 1 N–H and O–H groups in total. The number of nitrogens with one attached hydrogen (secondary N) is 1. The second kappa shape index (κ2) is 6.20. The lowest BCUT2D eigenvalue weighted by Crippen LogP contribution is -2.09. The molecule has 22 heavy (non-hydrogen) atoms. The standard InChI is InChI=1S/C14H8BrClFN3OS/c15-8-1-2-10(9(17)7-8)18-12(21)4-3-11-13(16)19-14-20(11)5-6-22-14/h1-7H,(H,18,21)/b4-3+. The highest BCUT2D eigenvalue weighted by molar-refractivity contribution is 9.10. The van der Waals surface area contributed by atoms with Crippen molar-refractivity contribution in [3.63, 3.8) is 0 Å². The van der Waals surface area contributed by atoms with Gasteiger partial charge >= 0.3 is 0 Å². The molecule has 1 amide bonds. The predicted octanol–water partition coefficient (Wildman–Crippen LogP) is 4.60. The zero-order valence-electron chi connectivity index (χ0n) is 10.9. The number of thiazole rings is 1. The number of fused-ring (bicyclic) bond motifs is 1. The number of imidazole rings is 1. The van der Waals surface area contributed by atoms with Gasteiger partial charge in [0.1, 0.15) is 5.82 Å². The number of carbonyl (C=O) groups is 1. The molecule has 0 radical (unpaired) electrons. The Kier molecular flexibility index (Phi) is 4.28. The molecule has 0 spiro atoms. The van der Waals surface area contributed by atoms with Crippen LogP contribution in [0.25, 0.3) is 11.0 Å². The highest BCUT2D eigenvalue weighted by atomic mass is 79.9. The fraction of sp³-hybridized carbons (Fsp3) is 0. The lowest BCUT2D eigenvalue weighted by molar-refractivity contribution is -0.111. The van der Waals surface area contributed by atoms with Gasteiger partial charge < -0.3 is 5.32 Å². The van der Waals surface area contributed by atoms with Gasteiger partial charge in [0.15, 0.2) is 10.1 Å². The van der Waals surface area contributed by atoms with Gasteiger partial charge in [0, 0.05) is 22.1 Å². The quantitative estimate of drug-likeness (QED) is 0.653. The number of nitrogens with zero attached hydrogens (tertiary/aromatic N) is 2. The van der Waals surface area contributed by atoms with Gasteiger partial charge in [0.2, 0.25) is 5.91 Å². The van der Waals surface area contributed by atoms with Crippen LogP contribution in [0.2, 0.25) is 5.15 Å². The molecule has 2 aromatic heterocycles. The molecule has 0 fully saturated rings. The molecule has 4 nitrogen and oxygen atoms in total. The third-order valence-electron chi connectivity index (χ3n) is 2.84. The highest BCUT2D eigenvalue weighted by Crippen LogP contribution is 2.23. The number of benzene rings is 1. The number of hydrogen-bond donors (Lipinski definition) is 1. The third-order valence-corrected chi connectivity index (χ3v) is 4.36. The summed E-state index contributed by atoms with van der Waals surface area (Å²) in [6.45, 7) is 0. The van der Waals surface area contributed by atoms with Crippen molar-refractivity contribution in [2.45, 2.75) is 0 Å². The summed E-state index contributed by atoms with van der Waals surface area (Å²) in [6.07, 6.45) is 4.64. The number of hydrogen-bond acceptors (Lipinski definition) is 3. The van der Waals surface area contributed by atoms with Crippen LogP contribution in [0.1, 0.15) is 5.69 Å². The van der Waals surface area contributed by atoms with Crippen molar-refractivity contribution in [1.29, 1.82) is 0 Å².